The van der Waals surface area contributed by atoms with Crippen molar-refractivity contribution in [2.45, 2.75) is 32.4 Å². The summed E-state index contributed by atoms with van der Waals surface area (Å²) in [6.07, 6.45) is -0.359. The van der Waals surface area contributed by atoms with Crippen molar-refractivity contribution in [1.82, 2.24) is 4.90 Å². The van der Waals surface area contributed by atoms with Crippen molar-refractivity contribution in [2.75, 3.05) is 37.7 Å². The molecule has 40 heavy (non-hydrogen) atoms. The molecule has 0 saturated carbocycles. The van der Waals surface area contributed by atoms with Crippen LogP contribution in [0.5, 0.6) is 0 Å². The number of nitrogens with zero attached hydrogens (tertiary/aromatic N) is 5. The first-order valence-corrected chi connectivity index (χ1v) is 15.5. The van der Waals surface area contributed by atoms with Gasteiger partial charge in [-0.05, 0) is 70.8 Å². The number of benzene rings is 3. The molecule has 0 unspecified atom stereocenters. The van der Waals surface area contributed by atoms with E-state index in [0.29, 0.717) is 43.0 Å². The molecule has 11 heteroatoms. The third kappa shape index (κ3) is 5.22. The van der Waals surface area contributed by atoms with Crippen molar-refractivity contribution in [3.05, 3.63) is 92.4 Å². The Kier molecular flexibility index (Phi) is 7.68. The SMILES string of the molecule is Cc1c(CS(=O)(=O)Cl)c(C)c(N2CCN(C(=O)OCC3c4ccccc4-c4ccccc43)CC2)c(C)c1N=[N+]=[N-]. The molecule has 3 aromatic carbocycles. The van der Waals surface area contributed by atoms with Crippen LogP contribution in [0.1, 0.15) is 39.3 Å². The first-order chi connectivity index (χ1) is 19.1. The van der Waals surface area contributed by atoms with E-state index in [-0.39, 0.29) is 24.4 Å². The third-order valence-electron chi connectivity index (χ3n) is 7.98. The number of anilines is 1. The Hall–Kier alpha value is -3.72. The van der Waals surface area contributed by atoms with Gasteiger partial charge in [-0.2, -0.15) is 0 Å². The summed E-state index contributed by atoms with van der Waals surface area (Å²) >= 11 is 0. The van der Waals surface area contributed by atoms with Crippen LogP contribution < -0.4 is 4.90 Å². The first kappa shape index (κ1) is 27.8. The largest absolute Gasteiger partial charge is 0.448 e. The number of amides is 1. The molecular formula is C29H30ClN5O4S. The van der Waals surface area contributed by atoms with Gasteiger partial charge in [0, 0.05) is 59.1 Å². The topological polar surface area (TPSA) is 116 Å². The maximum absolute atomic E-state index is 13.1. The number of ether oxygens (including phenoxy) is 1. The van der Waals surface area contributed by atoms with Crippen molar-refractivity contribution in [3.8, 4) is 11.1 Å². The first-order valence-electron chi connectivity index (χ1n) is 13.1. The van der Waals surface area contributed by atoms with E-state index < -0.39 is 9.05 Å². The quantitative estimate of drug-likeness (QED) is 0.139. The molecule has 0 bridgehead atoms. The van der Waals surface area contributed by atoms with Crippen LogP contribution in [-0.4, -0.2) is 52.2 Å². The van der Waals surface area contributed by atoms with Gasteiger partial charge >= 0.3 is 6.09 Å². The zero-order chi connectivity index (χ0) is 28.6. The second kappa shape index (κ2) is 11.0. The summed E-state index contributed by atoms with van der Waals surface area (Å²) in [5, 5.41) is 3.86. The van der Waals surface area contributed by atoms with Crippen molar-refractivity contribution in [3.63, 3.8) is 0 Å². The lowest BCUT2D eigenvalue weighted by atomic mass is 9.94. The molecule has 1 aliphatic heterocycles. The van der Waals surface area contributed by atoms with E-state index in [1.165, 1.54) is 11.1 Å². The number of hydrogen-bond acceptors (Lipinski definition) is 6. The number of carbonyl (C=O) groups is 1. The molecule has 2 aliphatic rings. The van der Waals surface area contributed by atoms with Crippen LogP contribution in [0.2, 0.25) is 0 Å². The number of rotatable bonds is 6. The summed E-state index contributed by atoms with van der Waals surface area (Å²) in [7, 11) is 1.77. The summed E-state index contributed by atoms with van der Waals surface area (Å²) < 4.78 is 29.7. The van der Waals surface area contributed by atoms with Crippen LogP contribution in [0.15, 0.2) is 53.6 Å². The van der Waals surface area contributed by atoms with Gasteiger partial charge in [-0.25, -0.2) is 13.2 Å². The molecule has 1 aliphatic carbocycles. The van der Waals surface area contributed by atoms with Crippen LogP contribution in [0, 0.1) is 20.8 Å². The van der Waals surface area contributed by atoms with Gasteiger partial charge in [-0.3, -0.25) is 0 Å². The fraction of sp³-hybridized carbons (Fsp3) is 0.345. The van der Waals surface area contributed by atoms with Gasteiger partial charge < -0.3 is 14.5 Å². The highest BCUT2D eigenvalue weighted by Gasteiger charge is 2.31. The molecule has 5 rings (SSSR count). The van der Waals surface area contributed by atoms with Gasteiger partial charge in [0.1, 0.15) is 6.61 Å². The zero-order valence-corrected chi connectivity index (χ0v) is 24.2. The lowest BCUT2D eigenvalue weighted by Crippen LogP contribution is -2.49. The molecule has 3 aromatic rings. The standard InChI is InChI=1S/C29H30ClN5O4S/c1-18-26(17-40(30,37)38)19(2)28(20(3)27(18)32-33-31)34-12-14-35(15-13-34)29(36)39-16-25-23-10-6-4-8-21(23)22-9-5-7-11-24(22)25/h4-11,25H,12-17H2,1-3H3. The molecule has 0 radical (unpaired) electrons. The monoisotopic (exact) mass is 579 g/mol. The maximum Gasteiger partial charge on any atom is 0.409 e. The average molecular weight is 580 g/mol. The van der Waals surface area contributed by atoms with E-state index >= 15 is 0 Å². The van der Waals surface area contributed by atoms with E-state index in [9.17, 15) is 13.2 Å². The highest BCUT2D eigenvalue weighted by atomic mass is 35.7. The predicted octanol–water partition coefficient (Wildman–Crippen LogP) is 6.69. The van der Waals surface area contributed by atoms with Gasteiger partial charge in [0.15, 0.2) is 0 Å². The number of halogens is 1. The fourth-order valence-electron chi connectivity index (χ4n) is 6.10. The van der Waals surface area contributed by atoms with Crippen LogP contribution >= 0.6 is 10.7 Å². The van der Waals surface area contributed by atoms with Gasteiger partial charge in [0.25, 0.3) is 0 Å². The molecule has 0 N–H and O–H groups in total. The predicted molar refractivity (Wildman–Crippen MR) is 157 cm³/mol. The smallest absolute Gasteiger partial charge is 0.409 e. The van der Waals surface area contributed by atoms with Crippen LogP contribution in [-0.2, 0) is 19.5 Å². The Morgan fingerprint density at radius 3 is 2.10 bits per heavy atom. The van der Waals surface area contributed by atoms with Gasteiger partial charge in [-0.1, -0.05) is 53.6 Å². The molecule has 1 heterocycles. The van der Waals surface area contributed by atoms with E-state index in [1.54, 1.807) is 11.8 Å². The summed E-state index contributed by atoms with van der Waals surface area (Å²) in [5.74, 6) is -0.376. The van der Waals surface area contributed by atoms with Crippen molar-refractivity contribution in [1.29, 1.82) is 0 Å². The molecule has 1 saturated heterocycles. The normalized spacial score (nSPS) is 14.9. The third-order valence-corrected chi connectivity index (χ3v) is 8.94. The van der Waals surface area contributed by atoms with Gasteiger partial charge in [0.05, 0.1) is 5.75 Å². The minimum Gasteiger partial charge on any atom is -0.448 e. The van der Waals surface area contributed by atoms with E-state index in [4.69, 9.17) is 21.0 Å². The van der Waals surface area contributed by atoms with Crippen molar-refractivity contribution < 1.29 is 17.9 Å². The summed E-state index contributed by atoms with van der Waals surface area (Å²) in [4.78, 5) is 19.8. The Bertz CT molecular complexity index is 1600. The highest BCUT2D eigenvalue weighted by Crippen LogP contribution is 2.45. The molecule has 1 fully saturated rings. The van der Waals surface area contributed by atoms with Crippen molar-refractivity contribution >= 4 is 37.2 Å². The molecule has 0 atom stereocenters. The van der Waals surface area contributed by atoms with E-state index in [1.807, 2.05) is 38.1 Å². The summed E-state index contributed by atoms with van der Waals surface area (Å²) in [6.45, 7) is 7.60. The highest BCUT2D eigenvalue weighted by molar-refractivity contribution is 8.13. The van der Waals surface area contributed by atoms with Gasteiger partial charge in [0.2, 0.25) is 9.05 Å². The number of carbonyl (C=O) groups excluding carboxylic acids is 1. The second-order valence-electron chi connectivity index (χ2n) is 10.2. The Morgan fingerprint density at radius 2 is 1.55 bits per heavy atom. The van der Waals surface area contributed by atoms with E-state index in [2.05, 4.69) is 39.2 Å². The Labute approximate surface area is 238 Å². The fourth-order valence-corrected chi connectivity index (χ4v) is 7.20. The number of piperazine rings is 1. The Morgan fingerprint density at radius 1 is 0.975 bits per heavy atom. The lowest BCUT2D eigenvalue weighted by Gasteiger charge is -2.38. The average Bonchev–Trinajstić information content (AvgIpc) is 3.26. The molecular weight excluding hydrogens is 550 g/mol. The summed E-state index contributed by atoms with van der Waals surface area (Å²) in [6, 6.07) is 16.4. The minimum absolute atomic E-state index is 0.00811. The Balaban J connectivity index is 1.31. The van der Waals surface area contributed by atoms with Crippen LogP contribution in [0.25, 0.3) is 21.6 Å². The number of azide groups is 1. The van der Waals surface area contributed by atoms with E-state index in [0.717, 1.165) is 27.9 Å². The van der Waals surface area contributed by atoms with Crippen LogP contribution in [0.3, 0.4) is 0 Å². The summed E-state index contributed by atoms with van der Waals surface area (Å²) in [5.41, 5.74) is 17.7. The van der Waals surface area contributed by atoms with Gasteiger partial charge in [-0.15, -0.1) is 0 Å². The zero-order valence-electron chi connectivity index (χ0n) is 22.6. The molecule has 0 aromatic heterocycles. The molecule has 0 spiro atoms. The second-order valence-corrected chi connectivity index (χ2v) is 13.0. The minimum atomic E-state index is -3.84. The lowest BCUT2D eigenvalue weighted by molar-refractivity contribution is 0.0976. The number of hydrogen-bond donors (Lipinski definition) is 0. The number of fused-ring (bicyclic) bond motifs is 3. The maximum atomic E-state index is 13.1. The van der Waals surface area contributed by atoms with Crippen LogP contribution in [0.4, 0.5) is 16.2 Å². The molecule has 9 nitrogen and oxygen atoms in total. The van der Waals surface area contributed by atoms with Crippen molar-refractivity contribution in [2.24, 2.45) is 5.11 Å². The molecule has 208 valence electrons. The molecule has 1 amide bonds.